The highest BCUT2D eigenvalue weighted by Gasteiger charge is 2.09. The van der Waals surface area contributed by atoms with E-state index in [9.17, 15) is 10.1 Å². The quantitative estimate of drug-likeness (QED) is 0.698. The average molecular weight is 297 g/mol. The van der Waals surface area contributed by atoms with Gasteiger partial charge in [0.05, 0.1) is 22.5 Å². The highest BCUT2D eigenvalue weighted by atomic mass is 79.9. The van der Waals surface area contributed by atoms with Gasteiger partial charge in [0.2, 0.25) is 0 Å². The highest BCUT2D eigenvalue weighted by Crippen LogP contribution is 2.29. The van der Waals surface area contributed by atoms with Crippen molar-refractivity contribution in [2.24, 2.45) is 7.05 Å². The summed E-state index contributed by atoms with van der Waals surface area (Å²) in [6, 6.07) is 4.55. The first-order valence-corrected chi connectivity index (χ1v) is 5.55. The molecule has 7 heteroatoms. The number of nitrogens with zero attached hydrogens (tertiary/aromatic N) is 3. The summed E-state index contributed by atoms with van der Waals surface area (Å²) < 4.78 is 2.30. The molecule has 0 spiro atoms. The number of anilines is 2. The molecule has 6 nitrogen and oxygen atoms in total. The summed E-state index contributed by atoms with van der Waals surface area (Å²) in [5, 5.41) is 17.7. The van der Waals surface area contributed by atoms with Crippen LogP contribution in [0.1, 0.15) is 0 Å². The van der Waals surface area contributed by atoms with Crippen LogP contribution >= 0.6 is 15.9 Å². The lowest BCUT2D eigenvalue weighted by molar-refractivity contribution is -0.384. The molecule has 1 N–H and O–H groups in total. The molecule has 2 rings (SSSR count). The maximum atomic E-state index is 10.6. The molecule has 0 radical (unpaired) electrons. The van der Waals surface area contributed by atoms with Gasteiger partial charge in [0.15, 0.2) is 0 Å². The van der Waals surface area contributed by atoms with E-state index in [4.69, 9.17) is 0 Å². The predicted octanol–water partition coefficient (Wildman–Crippen LogP) is 2.83. The number of hydrogen-bond acceptors (Lipinski definition) is 4. The number of benzene rings is 1. The second-order valence-electron chi connectivity index (χ2n) is 3.45. The van der Waals surface area contributed by atoms with Crippen molar-refractivity contribution in [2.45, 2.75) is 0 Å². The molecular weight excluding hydrogens is 288 g/mol. The Bertz CT molecular complexity index is 567. The summed E-state index contributed by atoms with van der Waals surface area (Å²) in [4.78, 5) is 10.1. The Morgan fingerprint density at radius 1 is 1.53 bits per heavy atom. The fourth-order valence-electron chi connectivity index (χ4n) is 1.36. The molecule has 2 aromatic rings. The van der Waals surface area contributed by atoms with E-state index in [0.717, 1.165) is 11.4 Å². The molecule has 88 valence electrons. The monoisotopic (exact) mass is 296 g/mol. The lowest BCUT2D eigenvalue weighted by Crippen LogP contribution is -1.92. The number of nitrogens with one attached hydrogen (secondary N) is 1. The molecule has 0 fully saturated rings. The van der Waals surface area contributed by atoms with Crippen molar-refractivity contribution in [3.8, 4) is 0 Å². The summed E-state index contributed by atoms with van der Waals surface area (Å²) in [5.74, 6) is 0. The van der Waals surface area contributed by atoms with E-state index in [0.29, 0.717) is 4.47 Å². The number of aryl methyl sites for hydroxylation is 1. The molecule has 1 aromatic carbocycles. The highest BCUT2D eigenvalue weighted by molar-refractivity contribution is 9.10. The Morgan fingerprint density at radius 3 is 2.82 bits per heavy atom. The normalized spacial score (nSPS) is 10.2. The van der Waals surface area contributed by atoms with E-state index in [2.05, 4.69) is 26.3 Å². The molecule has 0 aliphatic rings. The van der Waals surface area contributed by atoms with E-state index in [1.807, 2.05) is 13.2 Å². The molecule has 0 unspecified atom stereocenters. The standard InChI is InChI=1S/C10H9BrN4O2/c1-14-6-7(5-12-14)13-10-3-2-8(15(16)17)4-9(10)11/h2-6,13H,1H3. The van der Waals surface area contributed by atoms with Crippen LogP contribution in [0.4, 0.5) is 17.1 Å². The largest absolute Gasteiger partial charge is 0.352 e. The van der Waals surface area contributed by atoms with Crippen LogP contribution in [0.2, 0.25) is 0 Å². The molecule has 0 saturated carbocycles. The van der Waals surface area contributed by atoms with Crippen LogP contribution in [-0.4, -0.2) is 14.7 Å². The van der Waals surface area contributed by atoms with Gasteiger partial charge in [-0.15, -0.1) is 0 Å². The molecule has 0 atom stereocenters. The second-order valence-corrected chi connectivity index (χ2v) is 4.30. The van der Waals surface area contributed by atoms with Gasteiger partial charge in [0.25, 0.3) is 5.69 Å². The van der Waals surface area contributed by atoms with Crippen LogP contribution in [0.5, 0.6) is 0 Å². The van der Waals surface area contributed by atoms with Gasteiger partial charge in [-0.05, 0) is 22.0 Å². The first-order valence-electron chi connectivity index (χ1n) is 4.76. The molecule has 17 heavy (non-hydrogen) atoms. The Labute approximate surface area is 106 Å². The fourth-order valence-corrected chi connectivity index (χ4v) is 1.83. The SMILES string of the molecule is Cn1cc(Nc2ccc([N+](=O)[O-])cc2Br)cn1. The molecule has 0 saturated heterocycles. The maximum Gasteiger partial charge on any atom is 0.270 e. The number of halogens is 1. The Kier molecular flexibility index (Phi) is 3.10. The minimum absolute atomic E-state index is 0.0496. The summed E-state index contributed by atoms with van der Waals surface area (Å²) in [6.45, 7) is 0. The van der Waals surface area contributed by atoms with Crippen molar-refractivity contribution in [1.29, 1.82) is 0 Å². The van der Waals surface area contributed by atoms with Gasteiger partial charge in [-0.2, -0.15) is 5.10 Å². The van der Waals surface area contributed by atoms with Crippen LogP contribution in [0.3, 0.4) is 0 Å². The molecule has 0 bridgehead atoms. The van der Waals surface area contributed by atoms with Gasteiger partial charge in [-0.25, -0.2) is 0 Å². The zero-order valence-corrected chi connectivity index (χ0v) is 10.5. The molecule has 1 heterocycles. The van der Waals surface area contributed by atoms with Crippen LogP contribution in [0.25, 0.3) is 0 Å². The van der Waals surface area contributed by atoms with Gasteiger partial charge in [-0.1, -0.05) is 0 Å². The van der Waals surface area contributed by atoms with Crippen LogP contribution < -0.4 is 5.32 Å². The van der Waals surface area contributed by atoms with Crippen LogP contribution in [0.15, 0.2) is 35.1 Å². The van der Waals surface area contributed by atoms with Crippen molar-refractivity contribution in [2.75, 3.05) is 5.32 Å². The maximum absolute atomic E-state index is 10.6. The molecule has 0 amide bonds. The molecule has 1 aromatic heterocycles. The number of aromatic nitrogens is 2. The second kappa shape index (κ2) is 4.54. The minimum Gasteiger partial charge on any atom is -0.352 e. The number of rotatable bonds is 3. The molecule has 0 aliphatic heterocycles. The van der Waals surface area contributed by atoms with E-state index in [1.165, 1.54) is 12.1 Å². The van der Waals surface area contributed by atoms with Crippen LogP contribution in [0, 0.1) is 10.1 Å². The molecule has 0 aliphatic carbocycles. The summed E-state index contributed by atoms with van der Waals surface area (Å²) in [6.07, 6.45) is 3.49. The Hall–Kier alpha value is -1.89. The van der Waals surface area contributed by atoms with Gasteiger partial charge in [0.1, 0.15) is 0 Å². The first kappa shape index (κ1) is 11.6. The topological polar surface area (TPSA) is 73.0 Å². The van der Waals surface area contributed by atoms with Crippen LogP contribution in [-0.2, 0) is 7.05 Å². The van der Waals surface area contributed by atoms with Crippen molar-refractivity contribution in [3.05, 3.63) is 45.2 Å². The number of non-ortho nitro benzene ring substituents is 1. The van der Waals surface area contributed by atoms with Crippen molar-refractivity contribution >= 4 is 33.0 Å². The first-order chi connectivity index (χ1) is 8.06. The van der Waals surface area contributed by atoms with Crippen molar-refractivity contribution in [3.63, 3.8) is 0 Å². The third-order valence-corrected chi connectivity index (χ3v) is 2.80. The summed E-state index contributed by atoms with van der Waals surface area (Å²) >= 11 is 3.29. The van der Waals surface area contributed by atoms with Crippen molar-refractivity contribution in [1.82, 2.24) is 9.78 Å². The third kappa shape index (κ3) is 2.62. The minimum atomic E-state index is -0.432. The Morgan fingerprint density at radius 2 is 2.29 bits per heavy atom. The average Bonchev–Trinajstić information content (AvgIpc) is 2.67. The molecular formula is C10H9BrN4O2. The predicted molar refractivity (Wildman–Crippen MR) is 67.3 cm³/mol. The summed E-state index contributed by atoms with van der Waals surface area (Å²) in [5.41, 5.74) is 1.62. The number of nitro benzene ring substituents is 1. The Balaban J connectivity index is 2.25. The van der Waals surface area contributed by atoms with Gasteiger partial charge < -0.3 is 5.32 Å². The van der Waals surface area contributed by atoms with Gasteiger partial charge >= 0.3 is 0 Å². The van der Waals surface area contributed by atoms with Crippen molar-refractivity contribution < 1.29 is 4.92 Å². The number of hydrogen-bond donors (Lipinski definition) is 1. The summed E-state index contributed by atoms with van der Waals surface area (Å²) in [7, 11) is 1.82. The van der Waals surface area contributed by atoms with E-state index in [1.54, 1.807) is 16.9 Å². The third-order valence-electron chi connectivity index (χ3n) is 2.15. The number of nitro groups is 1. The lowest BCUT2D eigenvalue weighted by Gasteiger charge is -2.05. The zero-order chi connectivity index (χ0) is 12.4. The van der Waals surface area contributed by atoms with Gasteiger partial charge in [0, 0.05) is 29.8 Å². The van der Waals surface area contributed by atoms with E-state index >= 15 is 0 Å². The van der Waals surface area contributed by atoms with E-state index in [-0.39, 0.29) is 5.69 Å². The van der Waals surface area contributed by atoms with E-state index < -0.39 is 4.92 Å². The smallest absolute Gasteiger partial charge is 0.270 e. The van der Waals surface area contributed by atoms with Gasteiger partial charge in [-0.3, -0.25) is 14.8 Å². The lowest BCUT2D eigenvalue weighted by atomic mass is 10.3. The zero-order valence-electron chi connectivity index (χ0n) is 8.92. The fraction of sp³-hybridized carbons (Fsp3) is 0.100.